The Bertz CT molecular complexity index is 1860. The van der Waals surface area contributed by atoms with Crippen molar-refractivity contribution in [2.45, 2.75) is 96.2 Å². The number of amides is 1. The molecule has 0 bridgehead atoms. The number of rotatable bonds is 10. The number of benzene rings is 1. The molecule has 0 unspecified atom stereocenters. The first-order chi connectivity index (χ1) is 23.5. The topological polar surface area (TPSA) is 123 Å². The van der Waals surface area contributed by atoms with E-state index in [1.807, 2.05) is 0 Å². The number of ether oxygens (including phenoxy) is 1. The van der Waals surface area contributed by atoms with Gasteiger partial charge in [-0.25, -0.2) is 36.4 Å². The van der Waals surface area contributed by atoms with Gasteiger partial charge in [-0.05, 0) is 78.2 Å². The summed E-state index contributed by atoms with van der Waals surface area (Å²) in [6.45, 7) is 7.32. The van der Waals surface area contributed by atoms with Crippen LogP contribution in [0, 0.1) is 11.7 Å². The van der Waals surface area contributed by atoms with Crippen molar-refractivity contribution < 1.29 is 31.1 Å². The van der Waals surface area contributed by atoms with Crippen LogP contribution in [0.2, 0.25) is 0 Å². The monoisotopic (exact) mass is 739 g/mol. The fraction of sp³-hybridized carbons (Fsp3) is 0.600. The molecule has 1 aromatic carbocycles. The van der Waals surface area contributed by atoms with Gasteiger partial charge in [0.1, 0.15) is 39.0 Å². The molecule has 3 aromatic rings. The summed E-state index contributed by atoms with van der Waals surface area (Å²) in [7, 11) is -3.17. The smallest absolute Gasteiger partial charge is 0.410 e. The number of hydrogen-bond donors (Lipinski definition) is 1. The van der Waals surface area contributed by atoms with E-state index in [1.54, 1.807) is 38.3 Å². The van der Waals surface area contributed by atoms with E-state index in [2.05, 4.69) is 15.3 Å². The highest BCUT2D eigenvalue weighted by Crippen LogP contribution is 2.44. The van der Waals surface area contributed by atoms with Crippen LogP contribution in [0.4, 0.5) is 23.8 Å². The van der Waals surface area contributed by atoms with Crippen LogP contribution in [0.15, 0.2) is 35.4 Å². The van der Waals surface area contributed by atoms with Crippen LogP contribution in [0.25, 0.3) is 11.0 Å². The average molecular weight is 740 g/mol. The largest absolute Gasteiger partial charge is 0.444 e. The molecule has 2 aromatic heterocycles. The Morgan fingerprint density at radius 2 is 1.78 bits per heavy atom. The molecule has 15 heteroatoms. The van der Waals surface area contributed by atoms with Crippen molar-refractivity contribution in [1.29, 1.82) is 0 Å². The lowest BCUT2D eigenvalue weighted by Gasteiger charge is -2.37. The number of hydrogen-bond acceptors (Lipinski definition) is 8. The first-order valence-corrected chi connectivity index (χ1v) is 19.4. The number of nitrogens with zero attached hydrogens (tertiary/aromatic N) is 4. The maximum absolute atomic E-state index is 16.1. The highest BCUT2D eigenvalue weighted by atomic mass is 35.5. The molecule has 10 nitrogen and oxygen atoms in total. The minimum atomic E-state index is -3.50. The number of aromatic nitrogens is 3. The van der Waals surface area contributed by atoms with Gasteiger partial charge in [0.15, 0.2) is 0 Å². The number of fused-ring (bicyclic) bond motifs is 1. The van der Waals surface area contributed by atoms with Crippen molar-refractivity contribution >= 4 is 44.4 Å². The van der Waals surface area contributed by atoms with E-state index in [4.69, 9.17) is 16.3 Å². The zero-order valence-corrected chi connectivity index (χ0v) is 30.4. The highest BCUT2D eigenvalue weighted by Gasteiger charge is 2.46. The van der Waals surface area contributed by atoms with Gasteiger partial charge in [0.25, 0.3) is 11.5 Å². The SMILES string of the molecule is C[C@@H](Nc1ncnc2c1cc(C1CCS(=O)(=O)CC1)c(=O)n2CCCCCl)c1cccc(C(F)(F)C2CCN(C(=O)OC(C)(C)C)CC2)c1F. The van der Waals surface area contributed by atoms with Crippen molar-refractivity contribution in [3.63, 3.8) is 0 Å². The Balaban J connectivity index is 1.42. The van der Waals surface area contributed by atoms with E-state index in [9.17, 15) is 18.0 Å². The van der Waals surface area contributed by atoms with Crippen molar-refractivity contribution in [2.75, 3.05) is 35.8 Å². The molecule has 2 aliphatic heterocycles. The third-order valence-corrected chi connectivity index (χ3v) is 11.5. The number of anilines is 1. The summed E-state index contributed by atoms with van der Waals surface area (Å²) in [6.07, 6.45) is 2.58. The number of alkyl halides is 3. The van der Waals surface area contributed by atoms with Crippen LogP contribution in [0.3, 0.4) is 0 Å². The molecule has 0 spiro atoms. The first kappa shape index (κ1) is 37.9. The lowest BCUT2D eigenvalue weighted by molar-refractivity contribution is -0.0885. The molecule has 1 atom stereocenters. The number of halogens is 4. The zero-order chi connectivity index (χ0) is 36.4. The molecule has 2 aliphatic rings. The first-order valence-electron chi connectivity index (χ1n) is 17.1. The molecule has 50 heavy (non-hydrogen) atoms. The third-order valence-electron chi connectivity index (χ3n) is 9.54. The van der Waals surface area contributed by atoms with Crippen molar-refractivity contribution in [3.05, 3.63) is 63.5 Å². The molecule has 2 fully saturated rings. The number of unbranched alkanes of at least 4 members (excludes halogenated alkanes) is 1. The van der Waals surface area contributed by atoms with E-state index in [0.29, 0.717) is 54.7 Å². The molecule has 1 N–H and O–H groups in total. The van der Waals surface area contributed by atoms with Gasteiger partial charge >= 0.3 is 6.09 Å². The Morgan fingerprint density at radius 1 is 1.10 bits per heavy atom. The summed E-state index contributed by atoms with van der Waals surface area (Å²) in [6, 6.07) is 4.80. The standard InChI is InChI=1S/C35H45ClF3N5O5S/c1-22(25-8-7-9-28(29(25)37)35(38,39)24-10-16-43(17-11-24)33(46)49-34(2,3)4)42-30-27-20-26(23-12-18-50(47,48)19-13-23)32(45)44(15-6-5-14-36)31(27)41-21-40-30/h7-9,20-24H,5-6,10-19H2,1-4H3,(H,40,41,42)/t22-/m1/s1. The predicted molar refractivity (Wildman–Crippen MR) is 187 cm³/mol. The lowest BCUT2D eigenvalue weighted by Crippen LogP contribution is -2.44. The number of carbonyl (C=O) groups excluding carboxylic acids is 1. The van der Waals surface area contributed by atoms with Crippen molar-refractivity contribution in [2.24, 2.45) is 5.92 Å². The van der Waals surface area contributed by atoms with E-state index in [-0.39, 0.29) is 60.3 Å². The van der Waals surface area contributed by atoms with Crippen molar-refractivity contribution in [3.8, 4) is 0 Å². The van der Waals surface area contributed by atoms with Crippen LogP contribution < -0.4 is 10.9 Å². The lowest BCUT2D eigenvalue weighted by atomic mass is 9.85. The quantitative estimate of drug-likeness (QED) is 0.172. The van der Waals surface area contributed by atoms with Gasteiger partial charge in [0.2, 0.25) is 0 Å². The average Bonchev–Trinajstić information content (AvgIpc) is 3.05. The van der Waals surface area contributed by atoms with Gasteiger partial charge in [0.05, 0.1) is 28.5 Å². The second-order valence-corrected chi connectivity index (χ2v) is 17.0. The van der Waals surface area contributed by atoms with E-state index in [1.165, 1.54) is 23.4 Å². The summed E-state index contributed by atoms with van der Waals surface area (Å²) in [5.74, 6) is -5.33. The fourth-order valence-corrected chi connectivity index (χ4v) is 8.46. The molecular formula is C35H45ClF3N5O5S. The van der Waals surface area contributed by atoms with Gasteiger partial charge in [-0.15, -0.1) is 11.6 Å². The number of piperidine rings is 1. The fourth-order valence-electron chi connectivity index (χ4n) is 6.78. The minimum absolute atomic E-state index is 0.00766. The molecular weight excluding hydrogens is 695 g/mol. The number of aryl methyl sites for hydroxylation is 1. The van der Waals surface area contributed by atoms with Gasteiger partial charge in [-0.3, -0.25) is 9.36 Å². The predicted octanol–water partition coefficient (Wildman–Crippen LogP) is 7.15. The summed E-state index contributed by atoms with van der Waals surface area (Å²) in [5.41, 5.74) is -0.874. The summed E-state index contributed by atoms with van der Waals surface area (Å²) in [5, 5.41) is 3.65. The van der Waals surface area contributed by atoms with Crippen LogP contribution >= 0.6 is 11.6 Å². The maximum Gasteiger partial charge on any atom is 0.410 e. The molecule has 4 heterocycles. The van der Waals surface area contributed by atoms with Gasteiger partial charge in [-0.2, -0.15) is 0 Å². The second kappa shape index (κ2) is 15.1. The molecule has 1 amide bonds. The van der Waals surface area contributed by atoms with Gasteiger partial charge in [0, 0.05) is 42.6 Å². The Morgan fingerprint density at radius 3 is 2.42 bits per heavy atom. The van der Waals surface area contributed by atoms with Crippen molar-refractivity contribution in [1.82, 2.24) is 19.4 Å². The third kappa shape index (κ3) is 8.38. The normalized spacial score (nSPS) is 18.3. The van der Waals surface area contributed by atoms with Crippen LogP contribution in [-0.2, 0) is 27.0 Å². The summed E-state index contributed by atoms with van der Waals surface area (Å²) in [4.78, 5) is 36.4. The van der Waals surface area contributed by atoms with Gasteiger partial charge in [-0.1, -0.05) is 18.2 Å². The van der Waals surface area contributed by atoms with Crippen LogP contribution in [-0.4, -0.2) is 70.0 Å². The second-order valence-electron chi connectivity index (χ2n) is 14.3. The minimum Gasteiger partial charge on any atom is -0.444 e. The van der Waals surface area contributed by atoms with Crippen LogP contribution in [0.5, 0.6) is 0 Å². The summed E-state index contributed by atoms with van der Waals surface area (Å²) < 4.78 is 79.2. The number of carbonyl (C=O) groups is 1. The highest BCUT2D eigenvalue weighted by molar-refractivity contribution is 7.91. The molecule has 2 saturated heterocycles. The van der Waals surface area contributed by atoms with E-state index in [0.717, 1.165) is 6.07 Å². The van der Waals surface area contributed by atoms with E-state index < -0.39 is 50.8 Å². The Kier molecular flexibility index (Phi) is 11.4. The number of sulfone groups is 1. The molecule has 0 radical (unpaired) electrons. The molecule has 5 rings (SSSR count). The number of nitrogens with one attached hydrogen (secondary N) is 1. The zero-order valence-electron chi connectivity index (χ0n) is 28.9. The number of pyridine rings is 1. The Labute approximate surface area is 295 Å². The number of likely N-dealkylation sites (tertiary alicyclic amines) is 1. The molecule has 0 saturated carbocycles. The maximum atomic E-state index is 16.1. The molecule has 0 aliphatic carbocycles. The van der Waals surface area contributed by atoms with Crippen LogP contribution in [0.1, 0.15) is 94.9 Å². The van der Waals surface area contributed by atoms with E-state index >= 15 is 13.2 Å². The molecule has 274 valence electrons. The summed E-state index contributed by atoms with van der Waals surface area (Å²) >= 11 is 5.90. The van der Waals surface area contributed by atoms with Gasteiger partial charge < -0.3 is 15.0 Å². The Hall–Kier alpha value is -3.39.